The molecule has 0 amide bonds. The summed E-state index contributed by atoms with van der Waals surface area (Å²) in [6, 6.07) is 18.2. The normalized spacial score (nSPS) is 17.9. The van der Waals surface area contributed by atoms with Crippen LogP contribution < -0.4 is 4.74 Å². The van der Waals surface area contributed by atoms with Crippen LogP contribution in [0.4, 0.5) is 39.5 Å². The van der Waals surface area contributed by atoms with Gasteiger partial charge in [0.25, 0.3) is 0 Å². The maximum Gasteiger partial charge on any atom is 0.527 e. The van der Waals surface area contributed by atoms with Gasteiger partial charge in [0.05, 0.1) is 5.56 Å². The molecule has 5 rings (SSSR count). The molecule has 2 nitrogen and oxygen atoms in total. The summed E-state index contributed by atoms with van der Waals surface area (Å²) in [4.78, 5) is 0. The van der Waals surface area contributed by atoms with Gasteiger partial charge in [-0.2, -0.15) is 17.6 Å². The van der Waals surface area contributed by atoms with Crippen molar-refractivity contribution < 1.29 is 49.0 Å². The Kier molecular flexibility index (Phi) is 9.13. The summed E-state index contributed by atoms with van der Waals surface area (Å²) < 4.78 is 129. The van der Waals surface area contributed by atoms with Crippen LogP contribution in [0, 0.1) is 11.6 Å². The fraction of sp³-hybridized carbons (Fsp3) is 0.353. The van der Waals surface area contributed by atoms with Crippen molar-refractivity contribution in [3.05, 3.63) is 112 Å². The highest BCUT2D eigenvalue weighted by atomic mass is 19.4. The summed E-state index contributed by atoms with van der Waals surface area (Å²) in [6.45, 7) is 2.15. The van der Waals surface area contributed by atoms with E-state index in [4.69, 9.17) is 0 Å². The number of hydrogen-bond donors (Lipinski definition) is 0. The van der Waals surface area contributed by atoms with Gasteiger partial charge < -0.3 is 4.74 Å². The lowest BCUT2D eigenvalue weighted by Crippen LogP contribution is -2.30. The van der Waals surface area contributed by atoms with Crippen molar-refractivity contribution in [2.75, 3.05) is 0 Å². The Hall–Kier alpha value is -3.73. The zero-order valence-electron chi connectivity index (χ0n) is 24.0. The highest BCUT2D eigenvalue weighted by Crippen LogP contribution is 2.43. The number of fused-ring (bicyclic) bond motifs is 1. The average molecular weight is 641 g/mol. The van der Waals surface area contributed by atoms with Crippen molar-refractivity contribution in [1.29, 1.82) is 0 Å². The summed E-state index contributed by atoms with van der Waals surface area (Å²) in [6.07, 6.45) is -9.86. The van der Waals surface area contributed by atoms with Gasteiger partial charge in [-0.25, -0.2) is 13.5 Å². The molecule has 1 fully saturated rings. The first kappa shape index (κ1) is 32.7. The molecule has 0 bridgehead atoms. The minimum absolute atomic E-state index is 0.0635. The zero-order valence-corrected chi connectivity index (χ0v) is 24.0. The molecular formula is C34H29F9O2. The van der Waals surface area contributed by atoms with E-state index in [2.05, 4.69) is 52.8 Å². The summed E-state index contributed by atoms with van der Waals surface area (Å²) in [5, 5.41) is 2.41. The molecule has 1 aliphatic carbocycles. The molecule has 0 saturated heterocycles. The van der Waals surface area contributed by atoms with Crippen LogP contribution in [0.1, 0.15) is 78.7 Å². The Morgan fingerprint density at radius 1 is 0.644 bits per heavy atom. The lowest BCUT2D eigenvalue weighted by molar-refractivity contribution is -0.432. The smallest absolute Gasteiger partial charge is 0.429 e. The third-order valence-corrected chi connectivity index (χ3v) is 8.18. The molecule has 11 heteroatoms. The zero-order chi connectivity index (χ0) is 32.6. The van der Waals surface area contributed by atoms with Crippen LogP contribution in [0.25, 0.3) is 10.8 Å². The first-order chi connectivity index (χ1) is 21.1. The van der Waals surface area contributed by atoms with E-state index in [9.17, 15) is 39.5 Å². The van der Waals surface area contributed by atoms with E-state index in [0.29, 0.717) is 5.92 Å². The molecule has 0 spiro atoms. The second-order valence-corrected chi connectivity index (χ2v) is 11.3. The first-order valence-electron chi connectivity index (χ1n) is 14.5. The van der Waals surface area contributed by atoms with Crippen LogP contribution in [-0.4, -0.2) is 6.36 Å². The van der Waals surface area contributed by atoms with Gasteiger partial charge in [-0.05, 0) is 83.5 Å². The molecule has 0 aromatic heterocycles. The number of ether oxygens (including phenoxy) is 2. The molecule has 1 aliphatic rings. The summed E-state index contributed by atoms with van der Waals surface area (Å²) in [5.74, 6) is -5.21. The Balaban J connectivity index is 1.22. The van der Waals surface area contributed by atoms with Gasteiger partial charge in [0.15, 0.2) is 0 Å². The van der Waals surface area contributed by atoms with Gasteiger partial charge >= 0.3 is 18.6 Å². The minimum Gasteiger partial charge on any atom is -0.429 e. The molecule has 0 heterocycles. The Morgan fingerprint density at radius 2 is 1.18 bits per heavy atom. The maximum absolute atomic E-state index is 14.9. The van der Waals surface area contributed by atoms with Gasteiger partial charge in [0, 0.05) is 12.1 Å². The molecule has 4 aromatic carbocycles. The standard InChI is InChI=1S/C34H29F9O2/c1-2-3-20-4-5-26-17-25(11-10-24(26)16-20)23-8-6-21(7-9-23)22-12-14-27(15-13-22)32(37,38)44-28-18-29(35)31(30(36)19-28)33(39,40)45-34(41,42)43/h4-5,10-19,21,23H,2-3,6-9H2,1H3. The predicted octanol–water partition coefficient (Wildman–Crippen LogP) is 11.2. The monoisotopic (exact) mass is 640 g/mol. The van der Waals surface area contributed by atoms with Crippen molar-refractivity contribution in [2.45, 2.75) is 75.9 Å². The second-order valence-electron chi connectivity index (χ2n) is 11.3. The maximum atomic E-state index is 14.9. The van der Waals surface area contributed by atoms with Crippen LogP contribution in [-0.2, 0) is 23.4 Å². The molecule has 0 aliphatic heterocycles. The van der Waals surface area contributed by atoms with E-state index in [1.807, 2.05) is 0 Å². The van der Waals surface area contributed by atoms with Crippen molar-refractivity contribution in [2.24, 2.45) is 0 Å². The Bertz CT molecular complexity index is 1620. The third-order valence-electron chi connectivity index (χ3n) is 8.18. The van der Waals surface area contributed by atoms with Crippen molar-refractivity contribution >= 4 is 10.8 Å². The molecule has 0 unspecified atom stereocenters. The van der Waals surface area contributed by atoms with E-state index in [-0.39, 0.29) is 18.1 Å². The summed E-state index contributed by atoms with van der Waals surface area (Å²) in [7, 11) is 0. The van der Waals surface area contributed by atoms with Gasteiger partial charge in [0.1, 0.15) is 22.9 Å². The number of benzene rings is 4. The van der Waals surface area contributed by atoms with E-state index < -0.39 is 47.1 Å². The molecular weight excluding hydrogens is 611 g/mol. The SMILES string of the molecule is CCCc1ccc2cc(C3CCC(c4ccc(C(F)(F)Oc5cc(F)c(C(F)(F)OC(F)(F)F)c(F)c5)cc4)CC3)ccc2c1. The number of halogens is 9. The van der Waals surface area contributed by atoms with Gasteiger partial charge in [-0.15, -0.1) is 13.2 Å². The van der Waals surface area contributed by atoms with Gasteiger partial charge in [0.2, 0.25) is 0 Å². The van der Waals surface area contributed by atoms with Crippen LogP contribution in [0.5, 0.6) is 5.75 Å². The third kappa shape index (κ3) is 7.57. The van der Waals surface area contributed by atoms with Crippen LogP contribution >= 0.6 is 0 Å². The largest absolute Gasteiger partial charge is 0.527 e. The lowest BCUT2D eigenvalue weighted by atomic mass is 9.76. The fourth-order valence-electron chi connectivity index (χ4n) is 6.01. The molecule has 0 N–H and O–H groups in total. The van der Waals surface area contributed by atoms with E-state index in [1.165, 1.54) is 34.0 Å². The highest BCUT2D eigenvalue weighted by molar-refractivity contribution is 5.84. The second kappa shape index (κ2) is 12.6. The molecule has 4 aromatic rings. The lowest BCUT2D eigenvalue weighted by Gasteiger charge is -2.29. The summed E-state index contributed by atoms with van der Waals surface area (Å²) in [5.41, 5.74) is 0.360. The highest BCUT2D eigenvalue weighted by Gasteiger charge is 2.50. The molecule has 1 saturated carbocycles. The quantitative estimate of drug-likeness (QED) is 0.170. The van der Waals surface area contributed by atoms with Crippen molar-refractivity contribution in [1.82, 2.24) is 0 Å². The summed E-state index contributed by atoms with van der Waals surface area (Å²) >= 11 is 0. The average Bonchev–Trinajstić information content (AvgIpc) is 2.95. The van der Waals surface area contributed by atoms with Crippen molar-refractivity contribution in [3.8, 4) is 5.75 Å². The fourth-order valence-corrected chi connectivity index (χ4v) is 6.01. The van der Waals surface area contributed by atoms with Crippen LogP contribution in [0.2, 0.25) is 0 Å². The Labute approximate surface area is 253 Å². The molecule has 240 valence electrons. The topological polar surface area (TPSA) is 18.5 Å². The minimum atomic E-state index is -5.92. The van der Waals surface area contributed by atoms with Gasteiger partial charge in [-0.3, -0.25) is 0 Å². The number of alkyl halides is 7. The van der Waals surface area contributed by atoms with Crippen molar-refractivity contribution in [3.63, 3.8) is 0 Å². The van der Waals surface area contributed by atoms with E-state index in [0.717, 1.165) is 56.2 Å². The van der Waals surface area contributed by atoms with Gasteiger partial charge in [-0.1, -0.05) is 61.9 Å². The van der Waals surface area contributed by atoms with E-state index in [1.54, 1.807) is 0 Å². The molecule has 45 heavy (non-hydrogen) atoms. The van der Waals surface area contributed by atoms with Crippen LogP contribution in [0.3, 0.4) is 0 Å². The molecule has 0 atom stereocenters. The predicted molar refractivity (Wildman–Crippen MR) is 150 cm³/mol. The van der Waals surface area contributed by atoms with E-state index >= 15 is 0 Å². The first-order valence-corrected chi connectivity index (χ1v) is 14.5. The number of rotatable bonds is 9. The number of aryl methyl sites for hydroxylation is 1. The van der Waals surface area contributed by atoms with Crippen LogP contribution in [0.15, 0.2) is 72.8 Å². The Morgan fingerprint density at radius 3 is 1.76 bits per heavy atom. The number of hydrogen-bond acceptors (Lipinski definition) is 2. The molecule has 0 radical (unpaired) electrons.